The van der Waals surface area contributed by atoms with Gasteiger partial charge in [0.2, 0.25) is 5.91 Å². The minimum absolute atomic E-state index is 0.0456. The highest BCUT2D eigenvalue weighted by Gasteiger charge is 2.44. The maximum Gasteiger partial charge on any atom is 0.336 e. The maximum absolute atomic E-state index is 13.6. The Bertz CT molecular complexity index is 1350. The summed E-state index contributed by atoms with van der Waals surface area (Å²) < 4.78 is 6.69. The fraction of sp³-hybridized carbons (Fsp3) is 0.414. The first-order valence-corrected chi connectivity index (χ1v) is 13.6. The second-order valence-corrected chi connectivity index (χ2v) is 11.2. The number of furan rings is 1. The number of nitrogens with zero attached hydrogens (tertiary/aromatic N) is 1. The molecule has 2 aliphatic carbocycles. The number of hydrogen-bond acceptors (Lipinski definition) is 4. The molecule has 2 fully saturated rings. The molecule has 3 aromatic rings. The SMILES string of the molecule is O=C(O)c1ccccc1-c1oc2ccc(CN(CC3(C(=O)O)CCCC3)C(=O)C3CCCC3)cc2c1Br. The van der Waals surface area contributed by atoms with Crippen LogP contribution in [-0.4, -0.2) is 39.5 Å². The number of benzene rings is 2. The summed E-state index contributed by atoms with van der Waals surface area (Å²) in [4.78, 5) is 39.4. The minimum atomic E-state index is -1.04. The van der Waals surface area contributed by atoms with E-state index < -0.39 is 17.4 Å². The van der Waals surface area contributed by atoms with Gasteiger partial charge in [0.1, 0.15) is 11.3 Å². The first kappa shape index (κ1) is 25.5. The summed E-state index contributed by atoms with van der Waals surface area (Å²) in [6.45, 7) is 0.540. The standard InChI is InChI=1S/C29H30BrNO6/c30-24-22-15-18(11-12-23(22)37-25(24)20-9-3-4-10-21(20)27(33)34)16-31(26(32)19-7-1-2-8-19)17-29(28(35)36)13-5-6-14-29/h3-4,9-12,15,19H,1-2,5-8,13-14,16-17H2,(H,33,34)(H,35,36). The van der Waals surface area contributed by atoms with Crippen molar-refractivity contribution in [3.63, 3.8) is 0 Å². The van der Waals surface area contributed by atoms with Crippen molar-refractivity contribution < 1.29 is 29.0 Å². The van der Waals surface area contributed by atoms with Gasteiger partial charge in [0.15, 0.2) is 0 Å². The second kappa shape index (κ2) is 10.3. The molecular weight excluding hydrogens is 538 g/mol. The zero-order valence-electron chi connectivity index (χ0n) is 20.5. The number of amides is 1. The fourth-order valence-corrected chi connectivity index (χ4v) is 6.58. The number of aliphatic carboxylic acids is 1. The Morgan fingerprint density at radius 3 is 2.38 bits per heavy atom. The van der Waals surface area contributed by atoms with E-state index in [0.717, 1.165) is 49.5 Å². The number of rotatable bonds is 8. The largest absolute Gasteiger partial charge is 0.481 e. The number of aromatic carboxylic acids is 1. The van der Waals surface area contributed by atoms with Crippen LogP contribution in [0.25, 0.3) is 22.3 Å². The number of carboxylic acid groups (broad SMARTS) is 2. The van der Waals surface area contributed by atoms with E-state index in [1.165, 1.54) is 6.07 Å². The van der Waals surface area contributed by atoms with Gasteiger partial charge in [-0.1, -0.05) is 49.9 Å². The summed E-state index contributed by atoms with van der Waals surface area (Å²) in [6.07, 6.45) is 6.69. The van der Waals surface area contributed by atoms with Crippen molar-refractivity contribution >= 4 is 44.7 Å². The molecule has 37 heavy (non-hydrogen) atoms. The highest BCUT2D eigenvalue weighted by Crippen LogP contribution is 2.42. The van der Waals surface area contributed by atoms with Crippen LogP contribution in [0.15, 0.2) is 51.4 Å². The highest BCUT2D eigenvalue weighted by atomic mass is 79.9. The molecule has 0 spiro atoms. The zero-order chi connectivity index (χ0) is 26.2. The molecule has 2 N–H and O–H groups in total. The Morgan fingerprint density at radius 2 is 1.70 bits per heavy atom. The number of fused-ring (bicyclic) bond motifs is 1. The molecule has 0 bridgehead atoms. The van der Waals surface area contributed by atoms with Crippen molar-refractivity contribution in [1.82, 2.24) is 4.90 Å². The number of carbonyl (C=O) groups excluding carboxylic acids is 1. The van der Waals surface area contributed by atoms with Crippen LogP contribution < -0.4 is 0 Å². The lowest BCUT2D eigenvalue weighted by molar-refractivity contribution is -0.152. The average molecular weight is 568 g/mol. The van der Waals surface area contributed by atoms with Crippen molar-refractivity contribution in [2.75, 3.05) is 6.54 Å². The van der Waals surface area contributed by atoms with Crippen molar-refractivity contribution in [3.8, 4) is 11.3 Å². The summed E-state index contributed by atoms with van der Waals surface area (Å²) in [5.41, 5.74) is 1.20. The third-order valence-electron chi connectivity index (χ3n) is 7.99. The summed E-state index contributed by atoms with van der Waals surface area (Å²) in [7, 11) is 0. The molecule has 2 aliphatic rings. The Balaban J connectivity index is 1.49. The molecule has 0 aliphatic heterocycles. The molecule has 0 unspecified atom stereocenters. The van der Waals surface area contributed by atoms with Crippen molar-refractivity contribution in [2.45, 2.75) is 57.9 Å². The van der Waals surface area contributed by atoms with Gasteiger partial charge in [-0.3, -0.25) is 9.59 Å². The molecule has 0 saturated heterocycles. The molecule has 2 saturated carbocycles. The normalized spacial score (nSPS) is 17.3. The molecule has 1 heterocycles. The molecule has 194 valence electrons. The number of hydrogen-bond donors (Lipinski definition) is 2. The molecule has 5 rings (SSSR count). The quantitative estimate of drug-likeness (QED) is 0.312. The minimum Gasteiger partial charge on any atom is -0.481 e. The van der Waals surface area contributed by atoms with Crippen LogP contribution in [-0.2, 0) is 16.1 Å². The van der Waals surface area contributed by atoms with E-state index in [9.17, 15) is 24.6 Å². The van der Waals surface area contributed by atoms with Crippen LogP contribution in [0.1, 0.15) is 67.3 Å². The second-order valence-electron chi connectivity index (χ2n) is 10.4. The van der Waals surface area contributed by atoms with E-state index in [-0.39, 0.29) is 23.9 Å². The van der Waals surface area contributed by atoms with Gasteiger partial charge in [-0.15, -0.1) is 0 Å². The van der Waals surface area contributed by atoms with Crippen molar-refractivity contribution in [3.05, 3.63) is 58.1 Å². The molecule has 1 aromatic heterocycles. The van der Waals surface area contributed by atoms with Crippen LogP contribution in [0.2, 0.25) is 0 Å². The van der Waals surface area contributed by atoms with Crippen LogP contribution in [0.4, 0.5) is 0 Å². The van der Waals surface area contributed by atoms with Crippen LogP contribution in [0, 0.1) is 11.3 Å². The fourth-order valence-electron chi connectivity index (χ4n) is 5.97. The summed E-state index contributed by atoms with van der Waals surface area (Å²) in [5, 5.41) is 20.5. The van der Waals surface area contributed by atoms with Gasteiger partial charge in [-0.2, -0.15) is 0 Å². The van der Waals surface area contributed by atoms with Gasteiger partial charge in [-0.25, -0.2) is 4.79 Å². The number of carboxylic acids is 2. The lowest BCUT2D eigenvalue weighted by Crippen LogP contribution is -2.45. The van der Waals surface area contributed by atoms with Gasteiger partial charge < -0.3 is 19.5 Å². The Kier molecular flexibility index (Phi) is 7.12. The highest BCUT2D eigenvalue weighted by molar-refractivity contribution is 9.10. The predicted octanol–water partition coefficient (Wildman–Crippen LogP) is 6.72. The van der Waals surface area contributed by atoms with Crippen molar-refractivity contribution in [1.29, 1.82) is 0 Å². The van der Waals surface area contributed by atoms with E-state index in [1.807, 2.05) is 18.2 Å². The number of halogens is 1. The van der Waals surface area contributed by atoms with Gasteiger partial charge in [0, 0.05) is 30.0 Å². The van der Waals surface area contributed by atoms with Crippen LogP contribution >= 0.6 is 15.9 Å². The lowest BCUT2D eigenvalue weighted by Gasteiger charge is -2.34. The predicted molar refractivity (Wildman–Crippen MR) is 142 cm³/mol. The molecule has 0 radical (unpaired) electrons. The first-order valence-electron chi connectivity index (χ1n) is 12.8. The Hall–Kier alpha value is -3.13. The molecule has 2 aromatic carbocycles. The average Bonchev–Trinajstić information content (AvgIpc) is 3.65. The topological polar surface area (TPSA) is 108 Å². The summed E-state index contributed by atoms with van der Waals surface area (Å²) in [5.74, 6) is -1.42. The number of carbonyl (C=O) groups is 3. The smallest absolute Gasteiger partial charge is 0.336 e. The van der Waals surface area contributed by atoms with E-state index in [2.05, 4.69) is 15.9 Å². The molecular formula is C29H30BrNO6. The molecule has 1 amide bonds. The van der Waals surface area contributed by atoms with Crippen LogP contribution in [0.5, 0.6) is 0 Å². The maximum atomic E-state index is 13.6. The van der Waals surface area contributed by atoms with Gasteiger partial charge in [0.25, 0.3) is 0 Å². The zero-order valence-corrected chi connectivity index (χ0v) is 22.1. The Labute approximate surface area is 223 Å². The molecule has 0 atom stereocenters. The van der Waals surface area contributed by atoms with Crippen LogP contribution in [0.3, 0.4) is 0 Å². The lowest BCUT2D eigenvalue weighted by atomic mass is 9.85. The Morgan fingerprint density at radius 1 is 1.00 bits per heavy atom. The monoisotopic (exact) mass is 567 g/mol. The molecule has 8 heteroatoms. The summed E-state index contributed by atoms with van der Waals surface area (Å²) in [6, 6.07) is 12.3. The molecule has 7 nitrogen and oxygen atoms in total. The van der Waals surface area contributed by atoms with E-state index >= 15 is 0 Å². The first-order chi connectivity index (χ1) is 17.8. The van der Waals surface area contributed by atoms with Crippen molar-refractivity contribution in [2.24, 2.45) is 11.3 Å². The van der Waals surface area contributed by atoms with E-state index in [0.29, 0.717) is 40.8 Å². The van der Waals surface area contributed by atoms with Gasteiger partial charge in [-0.05, 0) is 65.4 Å². The van der Waals surface area contributed by atoms with E-state index in [1.54, 1.807) is 23.1 Å². The van der Waals surface area contributed by atoms with E-state index in [4.69, 9.17) is 4.42 Å². The van der Waals surface area contributed by atoms with Gasteiger partial charge >= 0.3 is 11.9 Å². The summed E-state index contributed by atoms with van der Waals surface area (Å²) >= 11 is 3.61. The third kappa shape index (κ3) is 4.91. The third-order valence-corrected chi connectivity index (χ3v) is 8.78. The van der Waals surface area contributed by atoms with Gasteiger partial charge in [0.05, 0.1) is 15.5 Å².